The van der Waals surface area contributed by atoms with Crippen molar-refractivity contribution in [3.63, 3.8) is 0 Å². The summed E-state index contributed by atoms with van der Waals surface area (Å²) in [4.78, 5) is 72.0. The molecule has 83 heavy (non-hydrogen) atoms. The Morgan fingerprint density at radius 3 is 0.855 bits per heavy atom. The quantitative estimate of drug-likeness (QED) is 0.0222. The van der Waals surface area contributed by atoms with Crippen LogP contribution in [0.5, 0.6) is 0 Å². The fourth-order valence-electron chi connectivity index (χ4n) is 9.55. The van der Waals surface area contributed by atoms with E-state index in [2.05, 4.69) is 34.6 Å². The van der Waals surface area contributed by atoms with Crippen LogP contribution in [0.25, 0.3) is 0 Å². The van der Waals surface area contributed by atoms with Gasteiger partial charge in [-0.2, -0.15) is 0 Å². The molecule has 0 aromatic heterocycles. The Bertz CT molecular complexity index is 1620. The van der Waals surface area contributed by atoms with Crippen molar-refractivity contribution in [2.45, 2.75) is 342 Å². The number of aliphatic hydroxyl groups excluding tert-OH is 1. The molecule has 17 nitrogen and oxygen atoms in total. The number of phosphoric ester groups is 2. The highest BCUT2D eigenvalue weighted by Crippen LogP contribution is 2.45. The summed E-state index contributed by atoms with van der Waals surface area (Å²) >= 11 is 0. The van der Waals surface area contributed by atoms with E-state index in [0.717, 1.165) is 102 Å². The van der Waals surface area contributed by atoms with Crippen molar-refractivity contribution in [1.29, 1.82) is 0 Å². The lowest BCUT2D eigenvalue weighted by atomic mass is 9.99. The molecule has 0 spiro atoms. The molecule has 0 radical (unpaired) electrons. The molecule has 0 fully saturated rings. The van der Waals surface area contributed by atoms with E-state index in [1.54, 1.807) is 0 Å². The number of phosphoric acid groups is 2. The number of carbonyl (C=O) groups is 4. The number of ether oxygens (including phenoxy) is 4. The van der Waals surface area contributed by atoms with Gasteiger partial charge in [-0.05, 0) is 31.6 Å². The van der Waals surface area contributed by atoms with Crippen LogP contribution in [0, 0.1) is 5.92 Å². The maximum atomic E-state index is 13.0. The molecule has 0 heterocycles. The van der Waals surface area contributed by atoms with E-state index in [-0.39, 0.29) is 25.7 Å². The van der Waals surface area contributed by atoms with Crippen molar-refractivity contribution in [3.05, 3.63) is 0 Å². The van der Waals surface area contributed by atoms with Gasteiger partial charge in [-0.3, -0.25) is 37.3 Å². The lowest BCUT2D eigenvalue weighted by Crippen LogP contribution is -2.30. The Kier molecular flexibility index (Phi) is 56.4. The molecule has 0 saturated carbocycles. The summed E-state index contributed by atoms with van der Waals surface area (Å²) in [5.41, 5.74) is 0. The Morgan fingerprint density at radius 2 is 0.578 bits per heavy atom. The van der Waals surface area contributed by atoms with E-state index >= 15 is 0 Å². The van der Waals surface area contributed by atoms with Gasteiger partial charge in [-0.15, -0.1) is 0 Å². The van der Waals surface area contributed by atoms with E-state index in [1.165, 1.54) is 141 Å². The van der Waals surface area contributed by atoms with Crippen LogP contribution < -0.4 is 0 Å². The highest BCUT2D eigenvalue weighted by molar-refractivity contribution is 7.47. The van der Waals surface area contributed by atoms with Crippen LogP contribution in [-0.4, -0.2) is 96.7 Å². The summed E-state index contributed by atoms with van der Waals surface area (Å²) in [6.07, 6.45) is 41.8. The maximum absolute atomic E-state index is 13.0. The van der Waals surface area contributed by atoms with Crippen LogP contribution in [0.1, 0.15) is 324 Å². The van der Waals surface area contributed by atoms with Gasteiger partial charge in [0.1, 0.15) is 19.3 Å². The number of aliphatic hydroxyl groups is 1. The third-order valence-electron chi connectivity index (χ3n) is 15.1. The van der Waals surface area contributed by atoms with Crippen molar-refractivity contribution in [3.8, 4) is 0 Å². The number of esters is 4. The van der Waals surface area contributed by atoms with Crippen molar-refractivity contribution >= 4 is 39.5 Å². The molecule has 3 unspecified atom stereocenters. The monoisotopic (exact) mass is 1230 g/mol. The molecule has 0 aliphatic rings. The minimum Gasteiger partial charge on any atom is -0.462 e. The molecular weight excluding hydrogens is 1100 g/mol. The first kappa shape index (κ1) is 81.1. The minimum atomic E-state index is -4.94. The molecule has 19 heteroatoms. The van der Waals surface area contributed by atoms with Crippen LogP contribution in [0.2, 0.25) is 0 Å². The lowest BCUT2D eigenvalue weighted by Gasteiger charge is -2.21. The van der Waals surface area contributed by atoms with Crippen molar-refractivity contribution in [1.82, 2.24) is 0 Å². The number of unbranched alkanes of at least 4 members (excludes halogenated alkanes) is 35. The maximum Gasteiger partial charge on any atom is 0.472 e. The van der Waals surface area contributed by atoms with Crippen molar-refractivity contribution < 1.29 is 80.2 Å². The summed E-state index contributed by atoms with van der Waals surface area (Å²) in [6.45, 7) is 7.14. The van der Waals surface area contributed by atoms with Crippen LogP contribution >= 0.6 is 15.6 Å². The van der Waals surface area contributed by atoms with Gasteiger partial charge >= 0.3 is 39.5 Å². The van der Waals surface area contributed by atoms with E-state index in [9.17, 15) is 43.2 Å². The van der Waals surface area contributed by atoms with Gasteiger partial charge in [0.25, 0.3) is 0 Å². The van der Waals surface area contributed by atoms with Crippen LogP contribution in [0.3, 0.4) is 0 Å². The average Bonchev–Trinajstić information content (AvgIpc) is 3.49. The van der Waals surface area contributed by atoms with Gasteiger partial charge in [0, 0.05) is 25.7 Å². The highest BCUT2D eigenvalue weighted by atomic mass is 31.2. The summed E-state index contributed by atoms with van der Waals surface area (Å²) in [5.74, 6) is -1.34. The number of rotatable bonds is 64. The van der Waals surface area contributed by atoms with Gasteiger partial charge in [-0.25, -0.2) is 9.13 Å². The molecule has 0 saturated heterocycles. The smallest absolute Gasteiger partial charge is 0.462 e. The fraction of sp³-hybridized carbons (Fsp3) is 0.938. The van der Waals surface area contributed by atoms with Gasteiger partial charge in [0.15, 0.2) is 12.2 Å². The summed E-state index contributed by atoms with van der Waals surface area (Å²) in [7, 11) is -9.88. The third-order valence-corrected chi connectivity index (χ3v) is 17.0. The van der Waals surface area contributed by atoms with Gasteiger partial charge in [0.2, 0.25) is 0 Å². The Morgan fingerprint density at radius 1 is 0.337 bits per heavy atom. The molecule has 0 aromatic carbocycles. The molecule has 0 amide bonds. The molecule has 6 atom stereocenters. The summed E-state index contributed by atoms with van der Waals surface area (Å²) in [5, 5.41) is 10.5. The van der Waals surface area contributed by atoms with E-state index in [0.29, 0.717) is 25.7 Å². The minimum absolute atomic E-state index is 0.106. The van der Waals surface area contributed by atoms with Crippen LogP contribution in [-0.2, 0) is 65.4 Å². The molecule has 492 valence electrons. The molecular formula is C64H124O17P2. The van der Waals surface area contributed by atoms with Gasteiger partial charge in [-0.1, -0.05) is 272 Å². The standard InChI is InChI=1S/C64H124O17P2/c1-6-10-13-16-18-20-22-23-25-29-33-38-43-48-62(67)75-54-60(81-64(69)50-45-40-35-31-27-26-28-32-37-41-46-57(5)9-4)56-79-83(72,73)77-52-58(65)51-76-82(70,71)78-55-59(53-74-61(66)47-42-36-15-12-8-3)80-63(68)49-44-39-34-30-24-21-19-17-14-11-7-2/h57-60,65H,6-56H2,1-5H3,(H,70,71)(H,72,73)/t57?,58-,59+,60+/m0/s1. The number of hydrogen-bond acceptors (Lipinski definition) is 15. The van der Waals surface area contributed by atoms with Crippen LogP contribution in [0.15, 0.2) is 0 Å². The predicted molar refractivity (Wildman–Crippen MR) is 331 cm³/mol. The first-order valence-electron chi connectivity index (χ1n) is 33.7. The zero-order valence-electron chi connectivity index (χ0n) is 53.3. The second-order valence-electron chi connectivity index (χ2n) is 23.4. The molecule has 0 aromatic rings. The lowest BCUT2D eigenvalue weighted by molar-refractivity contribution is -0.161. The molecule has 0 rings (SSSR count). The SMILES string of the molecule is CCCCCCCCCCCCCCCC(=O)OC[C@H](COP(=O)(O)OC[C@@H](O)COP(=O)(O)OC[C@@H](COC(=O)CCCCCCC)OC(=O)CCCCCCCCCCCCC)OC(=O)CCCCCCCCCCCCC(C)CC. The highest BCUT2D eigenvalue weighted by Gasteiger charge is 2.30. The molecule has 0 bridgehead atoms. The summed E-state index contributed by atoms with van der Waals surface area (Å²) < 4.78 is 67.8. The second kappa shape index (κ2) is 57.8. The Hall–Kier alpha value is -1.94. The zero-order chi connectivity index (χ0) is 61.3. The average molecular weight is 1230 g/mol. The van der Waals surface area contributed by atoms with Crippen molar-refractivity contribution in [2.24, 2.45) is 5.92 Å². The topological polar surface area (TPSA) is 237 Å². The molecule has 0 aliphatic carbocycles. The normalized spacial score (nSPS) is 14.6. The van der Waals surface area contributed by atoms with E-state index in [1.807, 2.05) is 0 Å². The first-order chi connectivity index (χ1) is 40.1. The van der Waals surface area contributed by atoms with Gasteiger partial charge < -0.3 is 33.8 Å². The third kappa shape index (κ3) is 57.6. The van der Waals surface area contributed by atoms with E-state index in [4.69, 9.17) is 37.0 Å². The fourth-order valence-corrected chi connectivity index (χ4v) is 11.1. The van der Waals surface area contributed by atoms with Gasteiger partial charge in [0.05, 0.1) is 26.4 Å². The number of carbonyl (C=O) groups excluding carboxylic acids is 4. The Labute approximate surface area is 505 Å². The summed E-state index contributed by atoms with van der Waals surface area (Å²) in [6, 6.07) is 0. The van der Waals surface area contributed by atoms with Crippen molar-refractivity contribution in [2.75, 3.05) is 39.6 Å². The zero-order valence-corrected chi connectivity index (χ0v) is 55.1. The number of hydrogen-bond donors (Lipinski definition) is 3. The molecule has 0 aliphatic heterocycles. The van der Waals surface area contributed by atoms with Crippen LogP contribution in [0.4, 0.5) is 0 Å². The first-order valence-corrected chi connectivity index (χ1v) is 36.7. The predicted octanol–water partition coefficient (Wildman–Crippen LogP) is 17.8. The molecule has 3 N–H and O–H groups in total. The second-order valence-corrected chi connectivity index (χ2v) is 26.3. The largest absolute Gasteiger partial charge is 0.472 e. The Balaban J connectivity index is 5.18. The van der Waals surface area contributed by atoms with E-state index < -0.39 is 97.5 Å².